The number of hydrogen-bond donors (Lipinski definition) is 1. The first kappa shape index (κ1) is 11.6. The lowest BCUT2D eigenvalue weighted by Crippen LogP contribution is -1.95. The van der Waals surface area contributed by atoms with Gasteiger partial charge in [-0.15, -0.1) is 0 Å². The van der Waals surface area contributed by atoms with Crippen molar-refractivity contribution >= 4 is 16.6 Å². The molecular formula is C14H10N4. The van der Waals surface area contributed by atoms with Crippen LogP contribution in [-0.4, -0.2) is 4.98 Å². The second kappa shape index (κ2) is 4.99. The number of pyridine rings is 1. The highest BCUT2D eigenvalue weighted by Gasteiger charge is 2.04. The van der Waals surface area contributed by atoms with Gasteiger partial charge in [0, 0.05) is 17.8 Å². The highest BCUT2D eigenvalue weighted by Crippen LogP contribution is 2.25. The molecule has 0 fully saturated rings. The molecule has 1 heterocycles. The van der Waals surface area contributed by atoms with Crippen LogP contribution >= 0.6 is 0 Å². The van der Waals surface area contributed by atoms with Gasteiger partial charge in [0.1, 0.15) is 17.7 Å². The SMILES string of the molecule is Cc1ccc2cccnc2c1NC=C(C#N)C#N. The fraction of sp³-hybridized carbons (Fsp3) is 0.0714. The van der Waals surface area contributed by atoms with Crippen molar-refractivity contribution < 1.29 is 0 Å². The Bertz CT molecular complexity index is 686. The molecule has 1 aromatic heterocycles. The Kier molecular flexibility index (Phi) is 3.22. The third kappa shape index (κ3) is 2.14. The van der Waals surface area contributed by atoms with Crippen LogP contribution < -0.4 is 5.32 Å². The molecule has 0 radical (unpaired) electrons. The van der Waals surface area contributed by atoms with Crippen molar-refractivity contribution in [3.63, 3.8) is 0 Å². The number of benzene rings is 1. The summed E-state index contributed by atoms with van der Waals surface area (Å²) in [5.74, 6) is 0. The molecule has 0 saturated heterocycles. The van der Waals surface area contributed by atoms with Crippen molar-refractivity contribution in [2.24, 2.45) is 0 Å². The summed E-state index contributed by atoms with van der Waals surface area (Å²) in [6.07, 6.45) is 3.11. The Morgan fingerprint density at radius 1 is 1.28 bits per heavy atom. The first-order chi connectivity index (χ1) is 8.76. The van der Waals surface area contributed by atoms with Crippen LogP contribution in [0.5, 0.6) is 0 Å². The van der Waals surface area contributed by atoms with Gasteiger partial charge in [-0.25, -0.2) is 0 Å². The molecule has 0 aliphatic rings. The molecule has 0 unspecified atom stereocenters. The number of nitrogens with one attached hydrogen (secondary N) is 1. The van der Waals surface area contributed by atoms with E-state index in [0.29, 0.717) is 0 Å². The third-order valence-electron chi connectivity index (χ3n) is 2.58. The summed E-state index contributed by atoms with van der Waals surface area (Å²) >= 11 is 0. The molecule has 0 aliphatic heterocycles. The van der Waals surface area contributed by atoms with E-state index in [1.807, 2.05) is 31.2 Å². The average Bonchev–Trinajstić information content (AvgIpc) is 2.42. The molecule has 86 valence electrons. The molecule has 0 amide bonds. The van der Waals surface area contributed by atoms with E-state index in [1.54, 1.807) is 18.3 Å². The summed E-state index contributed by atoms with van der Waals surface area (Å²) in [4.78, 5) is 4.31. The number of nitrogens with zero attached hydrogens (tertiary/aromatic N) is 3. The lowest BCUT2D eigenvalue weighted by Gasteiger charge is -2.08. The zero-order chi connectivity index (χ0) is 13.0. The van der Waals surface area contributed by atoms with Gasteiger partial charge in [0.25, 0.3) is 0 Å². The van der Waals surface area contributed by atoms with Crippen LogP contribution in [0.4, 0.5) is 5.69 Å². The second-order valence-corrected chi connectivity index (χ2v) is 3.76. The van der Waals surface area contributed by atoms with Crippen LogP contribution in [0, 0.1) is 29.6 Å². The maximum absolute atomic E-state index is 8.69. The van der Waals surface area contributed by atoms with Crippen LogP contribution in [0.25, 0.3) is 10.9 Å². The van der Waals surface area contributed by atoms with Gasteiger partial charge in [-0.2, -0.15) is 10.5 Å². The first-order valence-electron chi connectivity index (χ1n) is 5.37. The van der Waals surface area contributed by atoms with Crippen LogP contribution in [0.15, 0.2) is 42.2 Å². The van der Waals surface area contributed by atoms with Crippen LogP contribution in [0.1, 0.15) is 5.56 Å². The van der Waals surface area contributed by atoms with Gasteiger partial charge in [-0.1, -0.05) is 18.2 Å². The molecule has 18 heavy (non-hydrogen) atoms. The van der Waals surface area contributed by atoms with E-state index < -0.39 is 0 Å². The van der Waals surface area contributed by atoms with Crippen molar-refractivity contribution in [1.29, 1.82) is 10.5 Å². The van der Waals surface area contributed by atoms with Gasteiger partial charge >= 0.3 is 0 Å². The zero-order valence-corrected chi connectivity index (χ0v) is 9.81. The standard InChI is InChI=1S/C14H10N4/c1-10-4-5-12-3-2-6-17-14(12)13(10)18-9-11(7-15)8-16/h2-6,9,18H,1H3. The Labute approximate surface area is 105 Å². The maximum atomic E-state index is 8.69. The van der Waals surface area contributed by atoms with Crippen molar-refractivity contribution in [1.82, 2.24) is 4.98 Å². The number of aryl methyl sites for hydroxylation is 1. The second-order valence-electron chi connectivity index (χ2n) is 3.76. The smallest absolute Gasteiger partial charge is 0.145 e. The predicted octanol–water partition coefficient (Wildman–Crippen LogP) is 2.89. The normalized spacial score (nSPS) is 9.28. The van der Waals surface area contributed by atoms with E-state index in [1.165, 1.54) is 6.20 Å². The molecule has 4 nitrogen and oxygen atoms in total. The lowest BCUT2D eigenvalue weighted by molar-refractivity contribution is 1.37. The summed E-state index contributed by atoms with van der Waals surface area (Å²) < 4.78 is 0. The fourth-order valence-corrected chi connectivity index (χ4v) is 1.66. The lowest BCUT2D eigenvalue weighted by atomic mass is 10.1. The first-order valence-corrected chi connectivity index (χ1v) is 5.37. The van der Waals surface area contributed by atoms with E-state index in [9.17, 15) is 0 Å². The molecule has 0 saturated carbocycles. The van der Waals surface area contributed by atoms with Crippen LogP contribution in [0.2, 0.25) is 0 Å². The van der Waals surface area contributed by atoms with E-state index in [0.717, 1.165) is 22.2 Å². The summed E-state index contributed by atoms with van der Waals surface area (Å²) in [5, 5.41) is 21.4. The molecule has 1 N–H and O–H groups in total. The fourth-order valence-electron chi connectivity index (χ4n) is 1.66. The molecule has 0 atom stereocenters. The van der Waals surface area contributed by atoms with Gasteiger partial charge in [-0.3, -0.25) is 4.98 Å². The average molecular weight is 234 g/mol. The minimum Gasteiger partial charge on any atom is -0.358 e. The number of hydrogen-bond acceptors (Lipinski definition) is 4. The number of anilines is 1. The third-order valence-corrected chi connectivity index (χ3v) is 2.58. The highest BCUT2D eigenvalue weighted by molar-refractivity contribution is 5.92. The quantitative estimate of drug-likeness (QED) is 0.811. The van der Waals surface area contributed by atoms with Crippen molar-refractivity contribution in [2.75, 3.05) is 5.32 Å². The monoisotopic (exact) mass is 234 g/mol. The molecule has 0 bridgehead atoms. The Morgan fingerprint density at radius 3 is 2.78 bits per heavy atom. The van der Waals surface area contributed by atoms with E-state index >= 15 is 0 Å². The Hall–Kier alpha value is -2.85. The minimum atomic E-state index is 0.0299. The highest BCUT2D eigenvalue weighted by atomic mass is 14.9. The van der Waals surface area contributed by atoms with E-state index in [2.05, 4.69) is 10.3 Å². The molecular weight excluding hydrogens is 224 g/mol. The number of nitriles is 2. The van der Waals surface area contributed by atoms with Gasteiger partial charge in [-0.05, 0) is 18.6 Å². The number of aromatic nitrogens is 1. The molecule has 4 heteroatoms. The van der Waals surface area contributed by atoms with Gasteiger partial charge < -0.3 is 5.32 Å². The van der Waals surface area contributed by atoms with Crippen molar-refractivity contribution in [2.45, 2.75) is 6.92 Å². The Morgan fingerprint density at radius 2 is 2.06 bits per heavy atom. The molecule has 2 rings (SSSR count). The molecule has 0 spiro atoms. The molecule has 0 aliphatic carbocycles. The van der Waals surface area contributed by atoms with E-state index in [-0.39, 0.29) is 5.57 Å². The number of rotatable bonds is 2. The summed E-state index contributed by atoms with van der Waals surface area (Å²) in [6, 6.07) is 11.4. The topological polar surface area (TPSA) is 72.5 Å². The van der Waals surface area contributed by atoms with Crippen LogP contribution in [-0.2, 0) is 0 Å². The van der Waals surface area contributed by atoms with Gasteiger partial charge in [0.2, 0.25) is 0 Å². The number of allylic oxidation sites excluding steroid dienone is 1. The summed E-state index contributed by atoms with van der Waals surface area (Å²) in [7, 11) is 0. The molecule has 1 aromatic carbocycles. The summed E-state index contributed by atoms with van der Waals surface area (Å²) in [6.45, 7) is 1.95. The largest absolute Gasteiger partial charge is 0.358 e. The zero-order valence-electron chi connectivity index (χ0n) is 9.81. The minimum absolute atomic E-state index is 0.0299. The summed E-state index contributed by atoms with van der Waals surface area (Å²) in [5.41, 5.74) is 2.68. The van der Waals surface area contributed by atoms with Crippen molar-refractivity contribution in [3.05, 3.63) is 47.8 Å². The number of fused-ring (bicyclic) bond motifs is 1. The van der Waals surface area contributed by atoms with Crippen molar-refractivity contribution in [3.8, 4) is 12.1 Å². The van der Waals surface area contributed by atoms with Crippen LogP contribution in [0.3, 0.4) is 0 Å². The Balaban J connectivity index is 2.51. The molecule has 2 aromatic rings. The maximum Gasteiger partial charge on any atom is 0.145 e. The predicted molar refractivity (Wildman–Crippen MR) is 69.4 cm³/mol. The van der Waals surface area contributed by atoms with E-state index in [4.69, 9.17) is 10.5 Å². The van der Waals surface area contributed by atoms with Gasteiger partial charge in [0.05, 0.1) is 11.2 Å². The van der Waals surface area contributed by atoms with Gasteiger partial charge in [0.15, 0.2) is 0 Å².